The predicted octanol–water partition coefficient (Wildman–Crippen LogP) is 9.35. The number of carbonyl (C=O) groups excluding carboxylic acids is 2. The average molecular weight is 499 g/mol. The summed E-state index contributed by atoms with van der Waals surface area (Å²) < 4.78 is 12.0. The smallest absolute Gasteiger partial charge is 0.339 e. The third-order valence-corrected chi connectivity index (χ3v) is 8.02. The van der Waals surface area contributed by atoms with E-state index in [9.17, 15) is 9.59 Å². The fourth-order valence-corrected chi connectivity index (χ4v) is 5.76. The molecule has 0 aliphatic heterocycles. The summed E-state index contributed by atoms with van der Waals surface area (Å²) in [4.78, 5) is 26.5. The Balaban J connectivity index is 1.59. The fourth-order valence-electron chi connectivity index (χ4n) is 5.76. The van der Waals surface area contributed by atoms with Gasteiger partial charge in [-0.3, -0.25) is 0 Å². The minimum absolute atomic E-state index is 0.0627. The predicted molar refractivity (Wildman–Crippen MR) is 146 cm³/mol. The first-order chi connectivity index (χ1) is 17.7. The maximum atomic E-state index is 13.2. The van der Waals surface area contributed by atoms with E-state index in [0.29, 0.717) is 11.1 Å². The van der Waals surface area contributed by atoms with Crippen LogP contribution in [0.3, 0.4) is 0 Å². The Bertz CT molecular complexity index is 671. The van der Waals surface area contributed by atoms with Gasteiger partial charge in [-0.25, -0.2) is 9.59 Å². The summed E-state index contributed by atoms with van der Waals surface area (Å²) in [6.07, 6.45) is 25.9. The highest BCUT2D eigenvalue weighted by Gasteiger charge is 2.24. The van der Waals surface area contributed by atoms with Crippen LogP contribution in [-0.4, -0.2) is 24.1 Å². The van der Waals surface area contributed by atoms with Crippen molar-refractivity contribution in [2.75, 3.05) is 0 Å². The molecule has 0 bridgehead atoms. The van der Waals surface area contributed by atoms with Crippen LogP contribution in [0.1, 0.15) is 162 Å². The maximum absolute atomic E-state index is 13.2. The molecule has 0 unspecified atom stereocenters. The van der Waals surface area contributed by atoms with E-state index in [2.05, 4.69) is 0 Å². The quantitative estimate of drug-likeness (QED) is 0.388. The zero-order valence-electron chi connectivity index (χ0n) is 22.7. The molecule has 4 heteroatoms. The van der Waals surface area contributed by atoms with Crippen LogP contribution in [0.2, 0.25) is 0 Å². The molecule has 0 atom stereocenters. The van der Waals surface area contributed by atoms with Gasteiger partial charge in [0.25, 0.3) is 0 Å². The van der Waals surface area contributed by atoms with E-state index >= 15 is 0 Å². The summed E-state index contributed by atoms with van der Waals surface area (Å²) in [6, 6.07) is 7.05. The van der Waals surface area contributed by atoms with Gasteiger partial charge in [-0.2, -0.15) is 0 Å². The summed E-state index contributed by atoms with van der Waals surface area (Å²) in [5, 5.41) is 0. The van der Waals surface area contributed by atoms with Crippen LogP contribution in [0.15, 0.2) is 24.3 Å². The van der Waals surface area contributed by atoms with Crippen LogP contribution < -0.4 is 0 Å². The standard InChI is InChI=1S/C32H50O4/c33-31(35-27-21-15-11-7-3-1-4-8-12-16-22-27)29-25-19-20-26-30(29)32(34)36-28-23-17-13-9-5-2-6-10-14-18-24-28/h19-20,25-28H,1-18,21-24H2. The molecule has 2 fully saturated rings. The lowest BCUT2D eigenvalue weighted by molar-refractivity contribution is 0.0200. The van der Waals surface area contributed by atoms with E-state index in [4.69, 9.17) is 9.47 Å². The second-order valence-electron chi connectivity index (χ2n) is 11.1. The van der Waals surface area contributed by atoms with Gasteiger partial charge in [0.2, 0.25) is 0 Å². The average Bonchev–Trinajstić information content (AvgIpc) is 2.87. The van der Waals surface area contributed by atoms with Crippen molar-refractivity contribution in [3.63, 3.8) is 0 Å². The molecule has 3 rings (SSSR count). The van der Waals surface area contributed by atoms with Crippen molar-refractivity contribution in [1.82, 2.24) is 0 Å². The van der Waals surface area contributed by atoms with Crippen molar-refractivity contribution in [1.29, 1.82) is 0 Å². The molecule has 0 aromatic heterocycles. The van der Waals surface area contributed by atoms with E-state index in [-0.39, 0.29) is 24.1 Å². The molecule has 1 aromatic rings. The number of benzene rings is 1. The van der Waals surface area contributed by atoms with Crippen molar-refractivity contribution in [2.24, 2.45) is 0 Å². The Hall–Kier alpha value is -1.84. The van der Waals surface area contributed by atoms with Crippen molar-refractivity contribution in [3.05, 3.63) is 35.4 Å². The lowest BCUT2D eigenvalue weighted by Crippen LogP contribution is -2.23. The first kappa shape index (κ1) is 28.7. The molecule has 2 aliphatic carbocycles. The van der Waals surface area contributed by atoms with Gasteiger partial charge in [0.15, 0.2) is 0 Å². The van der Waals surface area contributed by atoms with Gasteiger partial charge in [-0.15, -0.1) is 0 Å². The lowest BCUT2D eigenvalue weighted by atomic mass is 9.99. The normalized spacial score (nSPS) is 21.1. The van der Waals surface area contributed by atoms with E-state index in [1.54, 1.807) is 12.1 Å². The Kier molecular flexibility index (Phi) is 14.0. The minimum Gasteiger partial charge on any atom is -0.459 e. The Labute approximate surface area is 219 Å². The summed E-state index contributed by atoms with van der Waals surface area (Å²) >= 11 is 0. The van der Waals surface area contributed by atoms with Gasteiger partial charge >= 0.3 is 11.9 Å². The molecule has 0 heterocycles. The molecule has 202 valence electrons. The molecule has 4 nitrogen and oxygen atoms in total. The molecule has 0 amide bonds. The first-order valence-electron chi connectivity index (χ1n) is 15.2. The first-order valence-corrected chi connectivity index (χ1v) is 15.2. The van der Waals surface area contributed by atoms with Crippen LogP contribution in [0.25, 0.3) is 0 Å². The highest BCUT2D eigenvalue weighted by molar-refractivity contribution is 6.03. The molecule has 0 spiro atoms. The maximum Gasteiger partial charge on any atom is 0.339 e. The van der Waals surface area contributed by atoms with Crippen molar-refractivity contribution in [3.8, 4) is 0 Å². The third kappa shape index (κ3) is 11.0. The Morgan fingerprint density at radius 2 is 0.694 bits per heavy atom. The van der Waals surface area contributed by atoms with E-state index < -0.39 is 0 Å². The molecule has 0 saturated heterocycles. The molecule has 2 saturated carbocycles. The second-order valence-corrected chi connectivity index (χ2v) is 11.1. The molecular weight excluding hydrogens is 448 g/mol. The van der Waals surface area contributed by atoms with Crippen LogP contribution in [0.5, 0.6) is 0 Å². The molecule has 1 aromatic carbocycles. The van der Waals surface area contributed by atoms with Crippen LogP contribution in [0, 0.1) is 0 Å². The van der Waals surface area contributed by atoms with Crippen LogP contribution in [-0.2, 0) is 9.47 Å². The Morgan fingerprint density at radius 3 is 0.972 bits per heavy atom. The van der Waals surface area contributed by atoms with Gasteiger partial charge in [0.05, 0.1) is 11.1 Å². The molecule has 2 aliphatic rings. The van der Waals surface area contributed by atoms with E-state index in [1.165, 1.54) is 89.9 Å². The van der Waals surface area contributed by atoms with Crippen LogP contribution >= 0.6 is 0 Å². The zero-order valence-corrected chi connectivity index (χ0v) is 22.7. The largest absolute Gasteiger partial charge is 0.459 e. The number of esters is 2. The van der Waals surface area contributed by atoms with Gasteiger partial charge in [0, 0.05) is 0 Å². The number of rotatable bonds is 4. The minimum atomic E-state index is -0.377. The van der Waals surface area contributed by atoms with Gasteiger partial charge in [0.1, 0.15) is 12.2 Å². The van der Waals surface area contributed by atoms with Crippen molar-refractivity contribution < 1.29 is 19.1 Å². The van der Waals surface area contributed by atoms with Gasteiger partial charge < -0.3 is 9.47 Å². The monoisotopic (exact) mass is 498 g/mol. The summed E-state index contributed by atoms with van der Waals surface area (Å²) in [5.74, 6) is -0.753. The van der Waals surface area contributed by atoms with Crippen molar-refractivity contribution >= 4 is 11.9 Å². The number of carbonyl (C=O) groups is 2. The fraction of sp³-hybridized carbons (Fsp3) is 0.750. The van der Waals surface area contributed by atoms with E-state index in [1.807, 2.05) is 12.1 Å². The summed E-state index contributed by atoms with van der Waals surface area (Å²) in [7, 11) is 0. The molecule has 0 radical (unpaired) electrons. The van der Waals surface area contributed by atoms with Crippen molar-refractivity contribution in [2.45, 2.75) is 153 Å². The molecular formula is C32H50O4. The summed E-state index contributed by atoms with van der Waals surface area (Å²) in [5.41, 5.74) is 0.698. The highest BCUT2D eigenvalue weighted by Crippen LogP contribution is 2.23. The lowest BCUT2D eigenvalue weighted by Gasteiger charge is -2.21. The molecule has 0 N–H and O–H groups in total. The summed E-state index contributed by atoms with van der Waals surface area (Å²) in [6.45, 7) is 0. The van der Waals surface area contributed by atoms with Gasteiger partial charge in [-0.05, 0) is 63.5 Å². The van der Waals surface area contributed by atoms with Crippen LogP contribution in [0.4, 0.5) is 0 Å². The second kappa shape index (κ2) is 17.6. The topological polar surface area (TPSA) is 52.6 Å². The molecule has 36 heavy (non-hydrogen) atoms. The van der Waals surface area contributed by atoms with E-state index in [0.717, 1.165) is 51.4 Å². The Morgan fingerprint density at radius 1 is 0.444 bits per heavy atom. The van der Waals surface area contributed by atoms with Gasteiger partial charge in [-0.1, -0.05) is 102 Å². The SMILES string of the molecule is O=C(OC1CCCCCCCCCCC1)c1ccccc1C(=O)OC1CCCCCCCCCCC1. The highest BCUT2D eigenvalue weighted by atomic mass is 16.5. The number of hydrogen-bond donors (Lipinski definition) is 0. The third-order valence-electron chi connectivity index (χ3n) is 8.02. The zero-order chi connectivity index (χ0) is 25.3. The number of hydrogen-bond acceptors (Lipinski definition) is 4. The number of ether oxygens (including phenoxy) is 2.